The summed E-state index contributed by atoms with van der Waals surface area (Å²) in [4.78, 5) is 19.2. The summed E-state index contributed by atoms with van der Waals surface area (Å²) in [6, 6.07) is 26.6. The number of carbonyl (C=O) groups is 1. The summed E-state index contributed by atoms with van der Waals surface area (Å²) < 4.78 is 5.52. The van der Waals surface area contributed by atoms with Gasteiger partial charge in [0.05, 0.1) is 19.2 Å². The lowest BCUT2D eigenvalue weighted by atomic mass is 9.87. The van der Waals surface area contributed by atoms with Gasteiger partial charge in [-0.25, -0.2) is 0 Å². The minimum Gasteiger partial charge on any atom is -0.497 e. The van der Waals surface area contributed by atoms with E-state index in [1.54, 1.807) is 7.11 Å². The number of ketones is 1. The van der Waals surface area contributed by atoms with Crippen LogP contribution in [0, 0.1) is 0 Å². The van der Waals surface area contributed by atoms with Crippen LogP contribution < -0.4 is 9.64 Å². The van der Waals surface area contributed by atoms with E-state index >= 15 is 0 Å². The van der Waals surface area contributed by atoms with Crippen molar-refractivity contribution in [3.63, 3.8) is 0 Å². The van der Waals surface area contributed by atoms with Gasteiger partial charge < -0.3 is 9.64 Å². The molecule has 0 spiro atoms. The molecule has 1 fully saturated rings. The average Bonchev–Trinajstić information content (AvgIpc) is 2.92. The Morgan fingerprint density at radius 2 is 1.53 bits per heavy atom. The standard InChI is InChI=1S/C30H34N2O2/c1-34-26-17-18-27-25(22-26)16-11-21-32(27)28(23-12-5-2-6-13-23)29(31-19-9-4-10-20-31)30(33)24-14-7-3-8-15-24/h2-3,5-8,12-15,17-18,22,28-29H,4,9-11,16,19-21H2,1H3. The summed E-state index contributed by atoms with van der Waals surface area (Å²) in [5.74, 6) is 1.11. The van der Waals surface area contributed by atoms with Gasteiger partial charge in [-0.2, -0.15) is 0 Å². The fraction of sp³-hybridized carbons (Fsp3) is 0.367. The third-order valence-corrected chi connectivity index (χ3v) is 7.33. The number of anilines is 1. The number of Topliss-reactive ketones (excluding diaryl/α,β-unsaturated/α-hetero) is 1. The fourth-order valence-corrected chi connectivity index (χ4v) is 5.68. The number of piperidine rings is 1. The lowest BCUT2D eigenvalue weighted by Gasteiger charge is -2.46. The topological polar surface area (TPSA) is 32.8 Å². The van der Waals surface area contributed by atoms with E-state index in [0.717, 1.165) is 56.6 Å². The molecule has 3 aromatic rings. The highest BCUT2D eigenvalue weighted by Gasteiger charge is 2.40. The molecule has 2 unspecified atom stereocenters. The number of hydrogen-bond acceptors (Lipinski definition) is 4. The fourth-order valence-electron chi connectivity index (χ4n) is 5.68. The summed E-state index contributed by atoms with van der Waals surface area (Å²) in [5, 5.41) is 0. The first-order valence-corrected chi connectivity index (χ1v) is 12.6. The van der Waals surface area contributed by atoms with Crippen LogP contribution in [0.25, 0.3) is 0 Å². The SMILES string of the molecule is COc1ccc2c(c1)CCCN2C(c1ccccc1)C(C(=O)c1ccccc1)N1CCCCC1. The second kappa shape index (κ2) is 10.4. The molecule has 0 N–H and O–H groups in total. The molecule has 2 heterocycles. The highest BCUT2D eigenvalue weighted by atomic mass is 16.5. The molecule has 5 rings (SSSR count). The van der Waals surface area contributed by atoms with Gasteiger partial charge in [-0.05, 0) is 68.1 Å². The Morgan fingerprint density at radius 1 is 0.824 bits per heavy atom. The van der Waals surface area contributed by atoms with Gasteiger partial charge in [-0.15, -0.1) is 0 Å². The first-order valence-electron chi connectivity index (χ1n) is 12.6. The van der Waals surface area contributed by atoms with Gasteiger partial charge in [-0.1, -0.05) is 67.1 Å². The molecule has 34 heavy (non-hydrogen) atoms. The molecule has 4 nitrogen and oxygen atoms in total. The Labute approximate surface area is 203 Å². The van der Waals surface area contributed by atoms with Crippen molar-refractivity contribution in [3.05, 3.63) is 95.6 Å². The Bertz CT molecular complexity index is 1090. The smallest absolute Gasteiger partial charge is 0.182 e. The summed E-state index contributed by atoms with van der Waals surface area (Å²) in [6.07, 6.45) is 5.63. The maximum Gasteiger partial charge on any atom is 0.182 e. The number of rotatable bonds is 7. The van der Waals surface area contributed by atoms with Crippen molar-refractivity contribution in [1.29, 1.82) is 0 Å². The lowest BCUT2D eigenvalue weighted by molar-refractivity contribution is 0.0729. The normalized spacial score (nSPS) is 18.1. The first-order chi connectivity index (χ1) is 16.8. The Hall–Kier alpha value is -3.11. The van der Waals surface area contributed by atoms with E-state index in [2.05, 4.69) is 52.3 Å². The zero-order valence-corrected chi connectivity index (χ0v) is 20.0. The number of methoxy groups -OCH3 is 1. The summed E-state index contributed by atoms with van der Waals surface area (Å²) in [5.41, 5.74) is 4.52. The van der Waals surface area contributed by atoms with Crippen LogP contribution in [0.2, 0.25) is 0 Å². The van der Waals surface area contributed by atoms with Crippen molar-refractivity contribution >= 4 is 11.5 Å². The van der Waals surface area contributed by atoms with E-state index in [1.165, 1.54) is 23.2 Å². The maximum absolute atomic E-state index is 14.2. The van der Waals surface area contributed by atoms with Crippen molar-refractivity contribution < 1.29 is 9.53 Å². The van der Waals surface area contributed by atoms with E-state index in [4.69, 9.17) is 4.74 Å². The predicted octanol–water partition coefficient (Wildman–Crippen LogP) is 5.93. The van der Waals surface area contributed by atoms with E-state index < -0.39 is 0 Å². The molecule has 0 aromatic heterocycles. The third-order valence-electron chi connectivity index (χ3n) is 7.33. The highest BCUT2D eigenvalue weighted by Crippen LogP contribution is 2.40. The van der Waals surface area contributed by atoms with Crippen molar-refractivity contribution in [2.45, 2.75) is 44.2 Å². The van der Waals surface area contributed by atoms with E-state index in [0.29, 0.717) is 0 Å². The van der Waals surface area contributed by atoms with Crippen LogP contribution in [0.4, 0.5) is 5.69 Å². The Balaban J connectivity index is 1.64. The number of aryl methyl sites for hydroxylation is 1. The molecule has 176 valence electrons. The Morgan fingerprint density at radius 3 is 2.24 bits per heavy atom. The number of ether oxygens (including phenoxy) is 1. The zero-order chi connectivity index (χ0) is 23.3. The molecule has 3 aromatic carbocycles. The summed E-state index contributed by atoms with van der Waals surface area (Å²) in [7, 11) is 1.72. The largest absolute Gasteiger partial charge is 0.497 e. The van der Waals surface area contributed by atoms with Crippen LogP contribution in [-0.2, 0) is 6.42 Å². The first kappa shape index (κ1) is 22.7. The summed E-state index contributed by atoms with van der Waals surface area (Å²) in [6.45, 7) is 2.87. The molecule has 1 saturated heterocycles. The van der Waals surface area contributed by atoms with Gasteiger partial charge in [-0.3, -0.25) is 9.69 Å². The van der Waals surface area contributed by atoms with Crippen LogP contribution in [0.15, 0.2) is 78.9 Å². The van der Waals surface area contributed by atoms with Crippen LogP contribution >= 0.6 is 0 Å². The molecular formula is C30H34N2O2. The molecule has 0 amide bonds. The second-order valence-corrected chi connectivity index (χ2v) is 9.42. The van der Waals surface area contributed by atoms with Crippen LogP contribution in [-0.4, -0.2) is 43.5 Å². The van der Waals surface area contributed by atoms with E-state index in [1.807, 2.05) is 36.4 Å². The molecule has 0 radical (unpaired) electrons. The maximum atomic E-state index is 14.2. The average molecular weight is 455 g/mol. The van der Waals surface area contributed by atoms with Gasteiger partial charge in [0.2, 0.25) is 0 Å². The molecule has 0 aliphatic carbocycles. The molecule has 2 atom stereocenters. The van der Waals surface area contributed by atoms with Gasteiger partial charge in [0.15, 0.2) is 5.78 Å². The third kappa shape index (κ3) is 4.60. The summed E-state index contributed by atoms with van der Waals surface area (Å²) >= 11 is 0. The minimum atomic E-state index is -0.238. The molecule has 4 heteroatoms. The van der Waals surface area contributed by atoms with Crippen LogP contribution in [0.1, 0.15) is 53.2 Å². The number of carbonyl (C=O) groups excluding carboxylic acids is 1. The van der Waals surface area contributed by atoms with Gasteiger partial charge in [0.1, 0.15) is 5.75 Å². The number of benzene rings is 3. The lowest BCUT2D eigenvalue weighted by Crippen LogP contribution is -2.53. The van der Waals surface area contributed by atoms with Crippen LogP contribution in [0.5, 0.6) is 5.75 Å². The molecular weight excluding hydrogens is 420 g/mol. The monoisotopic (exact) mass is 454 g/mol. The van der Waals surface area contributed by atoms with Crippen molar-refractivity contribution in [1.82, 2.24) is 4.90 Å². The number of fused-ring (bicyclic) bond motifs is 1. The zero-order valence-electron chi connectivity index (χ0n) is 20.0. The van der Waals surface area contributed by atoms with E-state index in [-0.39, 0.29) is 17.9 Å². The van der Waals surface area contributed by atoms with Crippen molar-refractivity contribution in [2.24, 2.45) is 0 Å². The van der Waals surface area contributed by atoms with Crippen molar-refractivity contribution in [2.75, 3.05) is 31.6 Å². The molecule has 0 saturated carbocycles. The number of nitrogens with zero attached hydrogens (tertiary/aromatic N) is 2. The molecule has 2 aliphatic heterocycles. The number of likely N-dealkylation sites (tertiary alicyclic amines) is 1. The second-order valence-electron chi connectivity index (χ2n) is 9.42. The van der Waals surface area contributed by atoms with Gasteiger partial charge >= 0.3 is 0 Å². The molecule has 2 aliphatic rings. The highest BCUT2D eigenvalue weighted by molar-refractivity contribution is 6.01. The minimum absolute atomic E-state index is 0.0561. The van der Waals surface area contributed by atoms with Gasteiger partial charge in [0.25, 0.3) is 0 Å². The van der Waals surface area contributed by atoms with E-state index in [9.17, 15) is 4.79 Å². The number of hydrogen-bond donors (Lipinski definition) is 0. The Kier molecular flexibility index (Phi) is 6.96. The van der Waals surface area contributed by atoms with Crippen LogP contribution in [0.3, 0.4) is 0 Å². The quantitative estimate of drug-likeness (QED) is 0.415. The predicted molar refractivity (Wildman–Crippen MR) is 138 cm³/mol. The molecule has 0 bridgehead atoms. The van der Waals surface area contributed by atoms with Gasteiger partial charge in [0, 0.05) is 17.8 Å². The van der Waals surface area contributed by atoms with Crippen molar-refractivity contribution in [3.8, 4) is 5.75 Å².